The lowest BCUT2D eigenvalue weighted by Crippen LogP contribution is -2.48. The van der Waals surface area contributed by atoms with E-state index in [9.17, 15) is 15.2 Å². The summed E-state index contributed by atoms with van der Waals surface area (Å²) in [5.41, 5.74) is 2.32. The van der Waals surface area contributed by atoms with Crippen LogP contribution in [-0.2, 0) is 19.0 Å². The summed E-state index contributed by atoms with van der Waals surface area (Å²) in [7, 11) is 2.01. The van der Waals surface area contributed by atoms with Crippen LogP contribution in [-0.4, -0.2) is 38.8 Å². The second-order valence-corrected chi connectivity index (χ2v) is 11.0. The minimum atomic E-state index is -0.513. The van der Waals surface area contributed by atoms with Crippen molar-refractivity contribution in [2.45, 2.75) is 62.6 Å². The van der Waals surface area contributed by atoms with Gasteiger partial charge in [-0.25, -0.2) is 9.55 Å². The van der Waals surface area contributed by atoms with E-state index in [2.05, 4.69) is 27.7 Å². The Balaban J connectivity index is 1.34. The van der Waals surface area contributed by atoms with Crippen LogP contribution in [0.5, 0.6) is 0 Å². The second-order valence-electron chi connectivity index (χ2n) is 11.0. The smallest absolute Gasteiger partial charge is 0.261 e. The van der Waals surface area contributed by atoms with Crippen molar-refractivity contribution >= 4 is 21.7 Å². The van der Waals surface area contributed by atoms with Crippen LogP contribution in [0.25, 0.3) is 21.7 Å². The molecule has 7 heteroatoms. The number of aliphatic hydroxyl groups excluding tert-OH is 1. The lowest BCUT2D eigenvalue weighted by molar-refractivity contribution is -0.682. The molecule has 6 rings (SSSR count). The van der Waals surface area contributed by atoms with E-state index in [-0.39, 0.29) is 11.6 Å². The molecule has 194 valence electrons. The largest absolute Gasteiger partial charge is 0.391 e. The predicted molar refractivity (Wildman–Crippen MR) is 146 cm³/mol. The number of likely N-dealkylation sites (tertiary alicyclic amines) is 1. The third-order valence-corrected chi connectivity index (χ3v) is 8.79. The zero-order chi connectivity index (χ0) is 26.3. The van der Waals surface area contributed by atoms with Crippen molar-refractivity contribution in [3.8, 4) is 6.07 Å². The van der Waals surface area contributed by atoms with Gasteiger partial charge in [0.1, 0.15) is 12.5 Å². The molecule has 0 amide bonds. The van der Waals surface area contributed by atoms with Gasteiger partial charge in [0.15, 0.2) is 6.20 Å². The van der Waals surface area contributed by atoms with E-state index in [1.165, 1.54) is 0 Å². The zero-order valence-electron chi connectivity index (χ0n) is 21.9. The first-order valence-corrected chi connectivity index (χ1v) is 13.7. The molecule has 0 bridgehead atoms. The monoisotopic (exact) mass is 508 g/mol. The number of nitrogens with zero attached hydrogens (tertiary/aromatic N) is 5. The van der Waals surface area contributed by atoms with Gasteiger partial charge in [0.25, 0.3) is 5.56 Å². The summed E-state index contributed by atoms with van der Waals surface area (Å²) in [5.74, 6) is 0. The highest BCUT2D eigenvalue weighted by Crippen LogP contribution is 2.35. The third-order valence-electron chi connectivity index (χ3n) is 8.79. The molecule has 2 atom stereocenters. The first-order valence-electron chi connectivity index (χ1n) is 13.7. The summed E-state index contributed by atoms with van der Waals surface area (Å²) in [4.78, 5) is 20.9. The summed E-state index contributed by atoms with van der Waals surface area (Å²) < 4.78 is 3.73. The fourth-order valence-electron chi connectivity index (χ4n) is 6.61. The summed E-state index contributed by atoms with van der Waals surface area (Å²) in [6.45, 7) is 2.32. The number of hydrogen-bond donors (Lipinski definition) is 1. The van der Waals surface area contributed by atoms with Gasteiger partial charge in [0.05, 0.1) is 35.4 Å². The minimum Gasteiger partial charge on any atom is -0.391 e. The number of aromatic nitrogens is 3. The van der Waals surface area contributed by atoms with Crippen molar-refractivity contribution in [2.75, 3.05) is 13.1 Å². The van der Waals surface area contributed by atoms with Gasteiger partial charge in [-0.1, -0.05) is 43.2 Å². The van der Waals surface area contributed by atoms with Crippen LogP contribution in [0.2, 0.25) is 0 Å². The number of aryl methyl sites for hydroxylation is 1. The van der Waals surface area contributed by atoms with E-state index in [0.29, 0.717) is 11.9 Å². The Hall–Kier alpha value is -3.60. The molecular formula is C31H34N5O2+. The maximum Gasteiger partial charge on any atom is 0.261 e. The molecule has 2 fully saturated rings. The normalized spacial score (nSPS) is 21.9. The maximum atomic E-state index is 13.7. The molecule has 3 heterocycles. The highest BCUT2D eigenvalue weighted by molar-refractivity contribution is 6.06. The van der Waals surface area contributed by atoms with Crippen molar-refractivity contribution in [1.82, 2.24) is 14.5 Å². The predicted octanol–water partition coefficient (Wildman–Crippen LogP) is 3.91. The van der Waals surface area contributed by atoms with Crippen LogP contribution in [0, 0.1) is 11.3 Å². The molecule has 1 saturated carbocycles. The number of pyridine rings is 1. The molecular weight excluding hydrogens is 474 g/mol. The Morgan fingerprint density at radius 1 is 1.08 bits per heavy atom. The average molecular weight is 509 g/mol. The molecule has 2 unspecified atom stereocenters. The van der Waals surface area contributed by atoms with Gasteiger partial charge in [-0.3, -0.25) is 14.3 Å². The second kappa shape index (κ2) is 9.94. The summed E-state index contributed by atoms with van der Waals surface area (Å²) in [6.07, 6.45) is 8.17. The number of aliphatic hydroxyl groups is 1. The zero-order valence-corrected chi connectivity index (χ0v) is 21.9. The number of rotatable bonds is 4. The quantitative estimate of drug-likeness (QED) is 0.334. The molecule has 2 aliphatic rings. The Morgan fingerprint density at radius 2 is 1.82 bits per heavy atom. The lowest BCUT2D eigenvalue weighted by Gasteiger charge is -2.35. The van der Waals surface area contributed by atoms with Crippen molar-refractivity contribution in [1.29, 1.82) is 5.26 Å². The fourth-order valence-corrected chi connectivity index (χ4v) is 6.61. The summed E-state index contributed by atoms with van der Waals surface area (Å²) >= 11 is 0. The van der Waals surface area contributed by atoms with Gasteiger partial charge in [-0.05, 0) is 42.7 Å². The van der Waals surface area contributed by atoms with Crippen LogP contribution >= 0.6 is 0 Å². The van der Waals surface area contributed by atoms with Gasteiger partial charge >= 0.3 is 0 Å². The van der Waals surface area contributed by atoms with Gasteiger partial charge in [-0.15, -0.1) is 0 Å². The Bertz CT molecular complexity index is 1600. The topological polar surface area (TPSA) is 86.0 Å². The van der Waals surface area contributed by atoms with E-state index < -0.39 is 11.5 Å². The van der Waals surface area contributed by atoms with Gasteiger partial charge in [0.2, 0.25) is 5.69 Å². The highest BCUT2D eigenvalue weighted by Gasteiger charge is 2.42. The van der Waals surface area contributed by atoms with Gasteiger partial charge in [-0.2, -0.15) is 5.26 Å². The van der Waals surface area contributed by atoms with Crippen molar-refractivity contribution in [3.05, 3.63) is 82.7 Å². The fraction of sp³-hybridized carbons (Fsp3) is 0.419. The summed E-state index contributed by atoms with van der Waals surface area (Å²) in [5, 5.41) is 23.5. The molecule has 0 radical (unpaired) electrons. The Labute approximate surface area is 222 Å². The van der Waals surface area contributed by atoms with Crippen LogP contribution < -0.4 is 10.1 Å². The van der Waals surface area contributed by atoms with E-state index >= 15 is 0 Å². The number of piperidine rings is 1. The van der Waals surface area contributed by atoms with Crippen LogP contribution in [0.15, 0.2) is 65.8 Å². The third kappa shape index (κ3) is 4.18. The average Bonchev–Trinajstić information content (AvgIpc) is 2.95. The van der Waals surface area contributed by atoms with Crippen molar-refractivity contribution in [2.24, 2.45) is 7.05 Å². The van der Waals surface area contributed by atoms with E-state index in [4.69, 9.17) is 4.98 Å². The molecule has 1 aliphatic heterocycles. The van der Waals surface area contributed by atoms with Crippen LogP contribution in [0.3, 0.4) is 0 Å². The SMILES string of the molecule is C[n+]1ccccc1C1(C#N)CCN(Cc2cc3c(=O)n(C4CCCCC4O)cnc3c3ccccc23)CC1. The van der Waals surface area contributed by atoms with E-state index in [1.807, 2.05) is 49.6 Å². The molecule has 2 aromatic heterocycles. The molecule has 38 heavy (non-hydrogen) atoms. The van der Waals surface area contributed by atoms with Crippen molar-refractivity contribution in [3.63, 3.8) is 0 Å². The number of hydrogen-bond acceptors (Lipinski definition) is 5. The standard InChI is InChI=1S/C31H34N5O2/c1-34-15-7-6-12-28(34)31(20-32)13-16-35(17-14-31)19-22-18-25-29(24-9-3-2-8-23(22)24)33-21-36(30(25)38)26-10-4-5-11-27(26)37/h2-3,6-9,12,15,18,21,26-27,37H,4-5,10-11,13-14,16-17,19H2,1H3/q+1. The van der Waals surface area contributed by atoms with E-state index in [1.54, 1.807) is 10.9 Å². The molecule has 2 aromatic carbocycles. The molecule has 1 saturated heterocycles. The molecule has 1 aliphatic carbocycles. The molecule has 4 aromatic rings. The highest BCUT2D eigenvalue weighted by atomic mass is 16.3. The minimum absolute atomic E-state index is 0.0772. The Kier molecular flexibility index (Phi) is 6.46. The number of nitriles is 1. The first-order chi connectivity index (χ1) is 18.5. The molecule has 0 spiro atoms. The molecule has 7 nitrogen and oxygen atoms in total. The lowest BCUT2D eigenvalue weighted by atomic mass is 9.76. The van der Waals surface area contributed by atoms with E-state index in [0.717, 1.165) is 79.2 Å². The van der Waals surface area contributed by atoms with Gasteiger partial charge in [0, 0.05) is 37.2 Å². The molecule has 1 N–H and O–H groups in total. The van der Waals surface area contributed by atoms with Gasteiger partial charge < -0.3 is 5.11 Å². The van der Waals surface area contributed by atoms with Crippen molar-refractivity contribution < 1.29 is 9.67 Å². The van der Waals surface area contributed by atoms with Crippen LogP contribution in [0.1, 0.15) is 55.8 Å². The Morgan fingerprint density at radius 3 is 2.55 bits per heavy atom. The number of benzene rings is 2. The maximum absolute atomic E-state index is 13.7. The van der Waals surface area contributed by atoms with Crippen LogP contribution in [0.4, 0.5) is 0 Å². The first kappa shape index (κ1) is 24.7. The number of fused-ring (bicyclic) bond motifs is 3. The summed E-state index contributed by atoms with van der Waals surface area (Å²) in [6, 6.07) is 18.7.